The second kappa shape index (κ2) is 7.93. The van der Waals surface area contributed by atoms with E-state index in [9.17, 15) is 0 Å². The fourth-order valence-electron chi connectivity index (χ4n) is 4.27. The van der Waals surface area contributed by atoms with E-state index in [0.29, 0.717) is 5.92 Å². The van der Waals surface area contributed by atoms with Crippen LogP contribution < -0.4 is 10.1 Å². The van der Waals surface area contributed by atoms with Gasteiger partial charge in [0.05, 0.1) is 13.0 Å². The van der Waals surface area contributed by atoms with Crippen LogP contribution in [0.1, 0.15) is 35.4 Å². The van der Waals surface area contributed by atoms with E-state index in [2.05, 4.69) is 53.7 Å². The normalized spacial score (nSPS) is 18.3. The Morgan fingerprint density at radius 1 is 1.27 bits per heavy atom. The summed E-state index contributed by atoms with van der Waals surface area (Å²) in [6.07, 6.45) is 4.80. The predicted octanol–water partition coefficient (Wildman–Crippen LogP) is 4.76. The Hall–Kier alpha value is -1.65. The lowest BCUT2D eigenvalue weighted by Gasteiger charge is -2.30. The minimum absolute atomic E-state index is 0.622. The quantitative estimate of drug-likeness (QED) is 0.794. The molecule has 1 unspecified atom stereocenters. The lowest BCUT2D eigenvalue weighted by atomic mass is 9.82. The number of fused-ring (bicyclic) bond motifs is 2. The van der Waals surface area contributed by atoms with Crippen molar-refractivity contribution in [1.29, 1.82) is 0 Å². The van der Waals surface area contributed by atoms with E-state index in [1.165, 1.54) is 40.1 Å². The summed E-state index contributed by atoms with van der Waals surface area (Å²) in [4.78, 5) is 3.88. The van der Waals surface area contributed by atoms with Crippen LogP contribution in [-0.4, -0.2) is 38.0 Å². The van der Waals surface area contributed by atoms with Gasteiger partial charge < -0.3 is 15.0 Å². The van der Waals surface area contributed by atoms with Crippen molar-refractivity contribution in [2.24, 2.45) is 0 Å². The minimum Gasteiger partial charge on any atom is -0.496 e. The smallest absolute Gasteiger partial charge is 0.122 e. The van der Waals surface area contributed by atoms with E-state index >= 15 is 0 Å². The SMILES string of the molecule is COc1cccc2c1CCCC2CN(C)CCc1ccc2c(c1)NCS2. The number of hydrogen-bond acceptors (Lipinski definition) is 4. The largest absolute Gasteiger partial charge is 0.496 e. The summed E-state index contributed by atoms with van der Waals surface area (Å²) in [5, 5.41) is 3.45. The van der Waals surface area contributed by atoms with Gasteiger partial charge in [0.2, 0.25) is 0 Å². The Balaban J connectivity index is 1.38. The van der Waals surface area contributed by atoms with Crippen molar-refractivity contribution in [3.8, 4) is 5.75 Å². The molecule has 1 atom stereocenters. The standard InChI is InChI=1S/C22H28N2OS/c1-24(12-11-16-9-10-22-20(13-16)23-15-26-22)14-17-5-3-7-19-18(17)6-4-8-21(19)25-2/h4,6,8-10,13,17,23H,3,5,7,11-12,14-15H2,1-2H3. The number of ether oxygens (including phenoxy) is 1. The molecule has 3 nitrogen and oxygen atoms in total. The number of likely N-dealkylation sites (N-methyl/N-ethyl adjacent to an activating group) is 1. The second-order valence-corrected chi connectivity index (χ2v) is 8.44. The molecule has 2 aromatic carbocycles. The molecule has 0 bridgehead atoms. The van der Waals surface area contributed by atoms with E-state index in [-0.39, 0.29) is 0 Å². The highest BCUT2D eigenvalue weighted by Gasteiger charge is 2.23. The van der Waals surface area contributed by atoms with Gasteiger partial charge in [0.15, 0.2) is 0 Å². The lowest BCUT2D eigenvalue weighted by Crippen LogP contribution is -2.28. The molecule has 1 aliphatic heterocycles. The number of thioether (sulfide) groups is 1. The van der Waals surface area contributed by atoms with Gasteiger partial charge in [-0.2, -0.15) is 0 Å². The molecule has 1 heterocycles. The highest BCUT2D eigenvalue weighted by Crippen LogP contribution is 2.37. The van der Waals surface area contributed by atoms with Crippen LogP contribution in [0.15, 0.2) is 41.3 Å². The van der Waals surface area contributed by atoms with E-state index in [1.807, 2.05) is 11.8 Å². The van der Waals surface area contributed by atoms with E-state index in [0.717, 1.165) is 37.6 Å². The van der Waals surface area contributed by atoms with Crippen LogP contribution in [0.25, 0.3) is 0 Å². The van der Waals surface area contributed by atoms with Gasteiger partial charge in [0.25, 0.3) is 0 Å². The molecule has 0 fully saturated rings. The van der Waals surface area contributed by atoms with Crippen molar-refractivity contribution in [3.63, 3.8) is 0 Å². The van der Waals surface area contributed by atoms with Crippen LogP contribution in [0.4, 0.5) is 5.69 Å². The minimum atomic E-state index is 0.622. The molecule has 2 aromatic rings. The third-order valence-electron chi connectivity index (χ3n) is 5.66. The van der Waals surface area contributed by atoms with E-state index in [4.69, 9.17) is 4.74 Å². The zero-order chi connectivity index (χ0) is 17.9. The number of methoxy groups -OCH3 is 1. The molecule has 0 aromatic heterocycles. The van der Waals surface area contributed by atoms with Crippen molar-refractivity contribution >= 4 is 17.4 Å². The van der Waals surface area contributed by atoms with Gasteiger partial charge in [-0.25, -0.2) is 0 Å². The summed E-state index contributed by atoms with van der Waals surface area (Å²) in [7, 11) is 4.05. The van der Waals surface area contributed by atoms with Crippen molar-refractivity contribution in [3.05, 3.63) is 53.1 Å². The Kier molecular flexibility index (Phi) is 5.41. The van der Waals surface area contributed by atoms with Crippen LogP contribution in [0.2, 0.25) is 0 Å². The average Bonchev–Trinajstić information content (AvgIpc) is 3.14. The van der Waals surface area contributed by atoms with Crippen molar-refractivity contribution in [2.45, 2.75) is 36.5 Å². The molecule has 4 heteroatoms. The molecule has 0 spiro atoms. The Bertz CT molecular complexity index is 777. The Morgan fingerprint density at radius 2 is 2.19 bits per heavy atom. The molecule has 0 radical (unpaired) electrons. The number of hydrogen-bond donors (Lipinski definition) is 1. The predicted molar refractivity (Wildman–Crippen MR) is 111 cm³/mol. The van der Waals surface area contributed by atoms with Gasteiger partial charge in [0, 0.05) is 23.7 Å². The fourth-order valence-corrected chi connectivity index (χ4v) is 5.10. The summed E-state index contributed by atoms with van der Waals surface area (Å²) in [5.41, 5.74) is 5.67. The Morgan fingerprint density at radius 3 is 3.08 bits per heavy atom. The molecule has 0 amide bonds. The summed E-state index contributed by atoms with van der Waals surface area (Å²) in [5.74, 6) is 2.69. The van der Waals surface area contributed by atoms with Crippen molar-refractivity contribution in [1.82, 2.24) is 4.90 Å². The second-order valence-electron chi connectivity index (χ2n) is 7.43. The maximum Gasteiger partial charge on any atom is 0.122 e. The van der Waals surface area contributed by atoms with Crippen LogP contribution >= 0.6 is 11.8 Å². The zero-order valence-corrected chi connectivity index (χ0v) is 16.6. The average molecular weight is 369 g/mol. The van der Waals surface area contributed by atoms with Gasteiger partial charge in [-0.05, 0) is 73.5 Å². The summed E-state index contributed by atoms with van der Waals surface area (Å²) < 4.78 is 5.59. The highest BCUT2D eigenvalue weighted by atomic mass is 32.2. The van der Waals surface area contributed by atoms with Crippen LogP contribution in [-0.2, 0) is 12.8 Å². The van der Waals surface area contributed by atoms with E-state index in [1.54, 1.807) is 7.11 Å². The monoisotopic (exact) mass is 368 g/mol. The first-order chi connectivity index (χ1) is 12.7. The van der Waals surface area contributed by atoms with Gasteiger partial charge in [-0.1, -0.05) is 18.2 Å². The van der Waals surface area contributed by atoms with Crippen LogP contribution in [0.5, 0.6) is 5.75 Å². The third-order valence-corrected chi connectivity index (χ3v) is 6.61. The molecule has 1 N–H and O–H groups in total. The molecular formula is C22H28N2OS. The highest BCUT2D eigenvalue weighted by molar-refractivity contribution is 7.99. The van der Waals surface area contributed by atoms with Crippen LogP contribution in [0.3, 0.4) is 0 Å². The fraction of sp³-hybridized carbons (Fsp3) is 0.455. The van der Waals surface area contributed by atoms with Gasteiger partial charge in [-0.15, -0.1) is 11.8 Å². The van der Waals surface area contributed by atoms with Crippen molar-refractivity contribution < 1.29 is 4.74 Å². The topological polar surface area (TPSA) is 24.5 Å². The summed E-state index contributed by atoms with van der Waals surface area (Å²) in [6, 6.07) is 13.4. The molecule has 2 aliphatic rings. The first-order valence-electron chi connectivity index (χ1n) is 9.58. The summed E-state index contributed by atoms with van der Waals surface area (Å²) >= 11 is 1.89. The first kappa shape index (κ1) is 17.7. The molecule has 26 heavy (non-hydrogen) atoms. The lowest BCUT2D eigenvalue weighted by molar-refractivity contribution is 0.299. The zero-order valence-electron chi connectivity index (χ0n) is 15.8. The van der Waals surface area contributed by atoms with Gasteiger partial charge in [-0.3, -0.25) is 0 Å². The number of rotatable bonds is 6. The number of nitrogens with zero attached hydrogens (tertiary/aromatic N) is 1. The molecule has 1 aliphatic carbocycles. The third kappa shape index (κ3) is 3.72. The van der Waals surface area contributed by atoms with Gasteiger partial charge in [0.1, 0.15) is 5.75 Å². The first-order valence-corrected chi connectivity index (χ1v) is 10.6. The summed E-state index contributed by atoms with van der Waals surface area (Å²) in [6.45, 7) is 2.22. The number of nitrogens with one attached hydrogen (secondary N) is 1. The molecular weight excluding hydrogens is 340 g/mol. The molecule has 0 saturated carbocycles. The van der Waals surface area contributed by atoms with Gasteiger partial charge >= 0.3 is 0 Å². The molecule has 138 valence electrons. The maximum atomic E-state index is 5.59. The molecule has 0 saturated heterocycles. The number of anilines is 1. The molecule has 4 rings (SSSR count). The van der Waals surface area contributed by atoms with Crippen molar-refractivity contribution in [2.75, 3.05) is 38.4 Å². The van der Waals surface area contributed by atoms with E-state index < -0.39 is 0 Å². The maximum absolute atomic E-state index is 5.59. The number of benzene rings is 2. The van der Waals surface area contributed by atoms with Crippen LogP contribution in [0, 0.1) is 0 Å². The Labute approximate surface area is 161 Å².